The van der Waals surface area contributed by atoms with E-state index in [9.17, 15) is 4.79 Å². The van der Waals surface area contributed by atoms with E-state index in [1.807, 2.05) is 105 Å². The summed E-state index contributed by atoms with van der Waals surface area (Å²) in [4.78, 5) is 21.1. The molecule has 10 heteroatoms. The van der Waals surface area contributed by atoms with Crippen molar-refractivity contribution in [2.75, 3.05) is 32.7 Å². The summed E-state index contributed by atoms with van der Waals surface area (Å²) in [5.74, 6) is 0.841. The number of piperidine rings is 1. The van der Waals surface area contributed by atoms with Crippen molar-refractivity contribution in [2.45, 2.75) is 58.6 Å². The predicted molar refractivity (Wildman–Crippen MR) is 205 cm³/mol. The topological polar surface area (TPSA) is 82.0 Å². The Kier molecular flexibility index (Phi) is 10.8. The van der Waals surface area contributed by atoms with Crippen molar-refractivity contribution < 1.29 is 23.4 Å². The van der Waals surface area contributed by atoms with Gasteiger partial charge >= 0.3 is 6.09 Å². The van der Waals surface area contributed by atoms with Gasteiger partial charge in [-0.05, 0) is 74.1 Å². The Hall–Kier alpha value is -5.22. The molecule has 0 unspecified atom stereocenters. The van der Waals surface area contributed by atoms with E-state index in [4.69, 9.17) is 24.3 Å². The minimum absolute atomic E-state index is 0.0874. The van der Waals surface area contributed by atoms with Crippen LogP contribution in [0.3, 0.4) is 0 Å². The Labute approximate surface area is 311 Å². The number of benzene rings is 3. The molecule has 4 heterocycles. The van der Waals surface area contributed by atoms with Gasteiger partial charge in [0.1, 0.15) is 30.7 Å². The van der Waals surface area contributed by atoms with Gasteiger partial charge in [0.2, 0.25) is 11.8 Å². The van der Waals surface area contributed by atoms with Gasteiger partial charge in [0.15, 0.2) is 0 Å². The number of nitrogens with zero attached hydrogens (tertiary/aromatic N) is 5. The third-order valence-electron chi connectivity index (χ3n) is 9.87. The first-order valence-corrected chi connectivity index (χ1v) is 18.4. The summed E-state index contributed by atoms with van der Waals surface area (Å²) in [5, 5.41) is 5.97. The highest BCUT2D eigenvalue weighted by Gasteiger charge is 2.34. The van der Waals surface area contributed by atoms with Gasteiger partial charge in [0.05, 0.1) is 17.6 Å². The summed E-state index contributed by atoms with van der Waals surface area (Å²) in [6.45, 7) is 9.15. The minimum Gasteiger partial charge on any atom is -0.473 e. The normalized spacial score (nSPS) is 18.1. The number of carbonyl (C=O) groups excluding carboxylic acids is 1. The van der Waals surface area contributed by atoms with E-state index in [0.717, 1.165) is 58.4 Å². The fraction of sp³-hybridized carbons (Fsp3) is 0.372. The van der Waals surface area contributed by atoms with Crippen molar-refractivity contribution >= 4 is 22.6 Å². The van der Waals surface area contributed by atoms with Gasteiger partial charge in [-0.1, -0.05) is 72.8 Å². The largest absolute Gasteiger partial charge is 0.473 e. The second-order valence-electron chi connectivity index (χ2n) is 15.0. The number of halogens is 1. The Balaban J connectivity index is 1.05. The Bertz CT molecular complexity index is 2060. The molecule has 2 aromatic heterocycles. The fourth-order valence-electron chi connectivity index (χ4n) is 7.03. The lowest BCUT2D eigenvalue weighted by Gasteiger charge is -2.38. The monoisotopic (exact) mass is 717 g/mol. The average Bonchev–Trinajstić information content (AvgIpc) is 3.49. The lowest BCUT2D eigenvalue weighted by molar-refractivity contribution is 0.00200. The molecule has 2 aliphatic rings. The zero-order valence-electron chi connectivity index (χ0n) is 31.0. The molecule has 1 saturated heterocycles. The highest BCUT2D eigenvalue weighted by Crippen LogP contribution is 2.37. The van der Waals surface area contributed by atoms with Crippen LogP contribution in [0.4, 0.5) is 9.18 Å². The standard InChI is InChI=1S/C43H48FN5O4/c1-43(2,3)53-42(50)49-24-21-34(37(44)27-49)26-48-22-19-32(20-23-48)33-15-16-35-38(25-33)47(4)46-40(35)36-17-18-39(51-28-30-11-7-5-8-12-30)45-41(36)52-29-31-13-9-6-10-14-31/h5-19,25,34,37H,20-24,26-29H2,1-4H3/t34-,37-/m0/s1. The van der Waals surface area contributed by atoms with Crippen molar-refractivity contribution in [2.24, 2.45) is 13.0 Å². The first kappa shape index (κ1) is 36.2. The maximum atomic E-state index is 15.2. The summed E-state index contributed by atoms with van der Waals surface area (Å²) in [7, 11) is 1.96. The number of hydrogen-bond acceptors (Lipinski definition) is 7. The van der Waals surface area contributed by atoms with Crippen LogP contribution >= 0.6 is 0 Å². The lowest BCUT2D eigenvalue weighted by atomic mass is 9.93. The van der Waals surface area contributed by atoms with Gasteiger partial charge in [-0.25, -0.2) is 9.18 Å². The van der Waals surface area contributed by atoms with Crippen molar-refractivity contribution in [3.05, 3.63) is 114 Å². The van der Waals surface area contributed by atoms with Gasteiger partial charge in [0.25, 0.3) is 0 Å². The van der Waals surface area contributed by atoms with E-state index in [1.165, 1.54) is 10.5 Å². The predicted octanol–water partition coefficient (Wildman–Crippen LogP) is 8.48. The number of alkyl halides is 1. The molecule has 2 atom stereocenters. The zero-order chi connectivity index (χ0) is 37.0. The van der Waals surface area contributed by atoms with Crippen LogP contribution in [0, 0.1) is 5.92 Å². The van der Waals surface area contributed by atoms with Crippen LogP contribution in [0.1, 0.15) is 50.3 Å². The maximum absolute atomic E-state index is 15.2. The van der Waals surface area contributed by atoms with Gasteiger partial charge in [0, 0.05) is 50.6 Å². The summed E-state index contributed by atoms with van der Waals surface area (Å²) < 4.78 is 35.0. The summed E-state index contributed by atoms with van der Waals surface area (Å²) in [6.07, 6.45) is 2.26. The highest BCUT2D eigenvalue weighted by atomic mass is 19.1. The van der Waals surface area contributed by atoms with Gasteiger partial charge < -0.3 is 19.1 Å². The number of aryl methyl sites for hydroxylation is 1. The molecule has 0 saturated carbocycles. The number of likely N-dealkylation sites (tertiary alicyclic amines) is 1. The Morgan fingerprint density at radius 1 is 0.906 bits per heavy atom. The number of carbonyl (C=O) groups is 1. The Morgan fingerprint density at radius 2 is 1.62 bits per heavy atom. The molecule has 53 heavy (non-hydrogen) atoms. The number of ether oxygens (including phenoxy) is 3. The first-order valence-electron chi connectivity index (χ1n) is 18.4. The van der Waals surface area contributed by atoms with E-state index < -0.39 is 17.9 Å². The minimum atomic E-state index is -1.07. The highest BCUT2D eigenvalue weighted by molar-refractivity contribution is 5.96. The molecular weight excluding hydrogens is 670 g/mol. The number of hydrogen-bond donors (Lipinski definition) is 0. The molecular formula is C43H48FN5O4. The van der Waals surface area contributed by atoms with Gasteiger partial charge in [-0.2, -0.15) is 10.1 Å². The molecule has 9 nitrogen and oxygen atoms in total. The third-order valence-corrected chi connectivity index (χ3v) is 9.87. The van der Waals surface area contributed by atoms with Crippen molar-refractivity contribution in [1.82, 2.24) is 24.6 Å². The average molecular weight is 718 g/mol. The van der Waals surface area contributed by atoms with Crippen molar-refractivity contribution in [3.8, 4) is 23.0 Å². The fourth-order valence-corrected chi connectivity index (χ4v) is 7.03. The van der Waals surface area contributed by atoms with Crippen LogP contribution in [0.2, 0.25) is 0 Å². The molecule has 0 radical (unpaired) electrons. The molecule has 0 aliphatic carbocycles. The number of fused-ring (bicyclic) bond motifs is 1. The van der Waals surface area contributed by atoms with Crippen LogP contribution in [0.25, 0.3) is 27.7 Å². The van der Waals surface area contributed by atoms with Gasteiger partial charge in [-0.3, -0.25) is 9.58 Å². The number of aromatic nitrogens is 3. The van der Waals surface area contributed by atoms with Crippen LogP contribution < -0.4 is 9.47 Å². The summed E-state index contributed by atoms with van der Waals surface area (Å²) >= 11 is 0. The SMILES string of the molecule is Cn1nc(-c2ccc(OCc3ccccc3)nc2OCc2ccccc2)c2ccc(C3=CCN(C[C@@H]4CCN(C(=O)OC(C)(C)C)C[C@@H]4F)CC3)cc21. The molecule has 276 valence electrons. The molecule has 1 amide bonds. The second-order valence-corrected chi connectivity index (χ2v) is 15.0. The molecule has 0 bridgehead atoms. The number of amides is 1. The Morgan fingerprint density at radius 3 is 2.28 bits per heavy atom. The number of rotatable bonds is 10. The lowest BCUT2D eigenvalue weighted by Crippen LogP contribution is -2.49. The van der Waals surface area contributed by atoms with Crippen LogP contribution in [-0.4, -0.2) is 75.2 Å². The van der Waals surface area contributed by atoms with Crippen LogP contribution in [-0.2, 0) is 25.0 Å². The summed E-state index contributed by atoms with van der Waals surface area (Å²) in [5.41, 5.74) is 6.53. The molecule has 3 aromatic carbocycles. The van der Waals surface area contributed by atoms with E-state index in [0.29, 0.717) is 44.5 Å². The second kappa shape index (κ2) is 15.8. The van der Waals surface area contributed by atoms with Crippen molar-refractivity contribution in [3.63, 3.8) is 0 Å². The molecule has 1 fully saturated rings. The quantitative estimate of drug-likeness (QED) is 0.143. The first-order chi connectivity index (χ1) is 25.6. The van der Waals surface area contributed by atoms with E-state index in [1.54, 1.807) is 0 Å². The van der Waals surface area contributed by atoms with E-state index in [2.05, 4.69) is 29.2 Å². The molecule has 5 aromatic rings. The summed E-state index contributed by atoms with van der Waals surface area (Å²) in [6, 6.07) is 30.4. The van der Waals surface area contributed by atoms with Crippen LogP contribution in [0.5, 0.6) is 11.8 Å². The van der Waals surface area contributed by atoms with Crippen molar-refractivity contribution in [1.29, 1.82) is 0 Å². The third kappa shape index (κ3) is 8.88. The zero-order valence-corrected chi connectivity index (χ0v) is 31.0. The molecule has 7 rings (SSSR count). The van der Waals surface area contributed by atoms with Gasteiger partial charge in [-0.15, -0.1) is 0 Å². The smallest absolute Gasteiger partial charge is 0.410 e. The molecule has 0 spiro atoms. The molecule has 0 N–H and O–H groups in total. The molecule has 2 aliphatic heterocycles. The number of pyridine rings is 1. The van der Waals surface area contributed by atoms with Crippen LogP contribution in [0.15, 0.2) is 97.1 Å². The van der Waals surface area contributed by atoms with E-state index in [-0.39, 0.29) is 12.5 Å². The maximum Gasteiger partial charge on any atom is 0.410 e. The van der Waals surface area contributed by atoms with E-state index >= 15 is 4.39 Å².